The van der Waals surface area contributed by atoms with Crippen molar-refractivity contribution in [2.24, 2.45) is 5.41 Å². The highest BCUT2D eigenvalue weighted by Gasteiger charge is 2.08. The first-order valence-electron chi connectivity index (χ1n) is 7.97. The smallest absolute Gasteiger partial charge is 0.0383 e. The van der Waals surface area contributed by atoms with Crippen LogP contribution in [0.5, 0.6) is 0 Å². The zero-order valence-electron chi connectivity index (χ0n) is 13.6. The van der Waals surface area contributed by atoms with Crippen molar-refractivity contribution < 1.29 is 0 Å². The molecule has 0 aliphatic heterocycles. The average molecular weight is 242 g/mol. The molecule has 0 bridgehead atoms. The molecule has 17 heavy (non-hydrogen) atoms. The monoisotopic (exact) mass is 242 g/mol. The first-order valence-corrected chi connectivity index (χ1v) is 7.97. The van der Waals surface area contributed by atoms with E-state index in [1.807, 2.05) is 0 Å². The lowest BCUT2D eigenvalue weighted by Crippen LogP contribution is -2.03. The van der Waals surface area contributed by atoms with Crippen molar-refractivity contribution >= 4 is 0 Å². The molecule has 0 atom stereocenters. The summed E-state index contributed by atoms with van der Waals surface area (Å²) in [7, 11) is 0. The number of hydrogen-bond acceptors (Lipinski definition) is 0. The van der Waals surface area contributed by atoms with Gasteiger partial charge in [0.15, 0.2) is 0 Å². The predicted octanol–water partition coefficient (Wildman–Crippen LogP) is 6.98. The standard InChI is InChI=1S/C12H26.C5H12/c1-5-6-7-8-9-10-11-12(2,3)4;1-3-5-4-2/h5-11H2,1-4H3;3-5H2,1-2H3. The molecule has 0 rings (SSSR count). The van der Waals surface area contributed by atoms with E-state index in [1.54, 1.807) is 0 Å². The van der Waals surface area contributed by atoms with Crippen LogP contribution in [0.4, 0.5) is 0 Å². The maximum absolute atomic E-state index is 2.33. The maximum atomic E-state index is 2.33. The lowest BCUT2D eigenvalue weighted by molar-refractivity contribution is 0.356. The Kier molecular flexibility index (Phi) is 16.0. The highest BCUT2D eigenvalue weighted by Crippen LogP contribution is 2.22. The Balaban J connectivity index is 0. The predicted molar refractivity (Wildman–Crippen MR) is 82.6 cm³/mol. The highest BCUT2D eigenvalue weighted by atomic mass is 14.1. The summed E-state index contributed by atoms with van der Waals surface area (Å²) in [5, 5.41) is 0. The maximum Gasteiger partial charge on any atom is -0.0383 e. The van der Waals surface area contributed by atoms with E-state index < -0.39 is 0 Å². The quantitative estimate of drug-likeness (QED) is 0.403. The van der Waals surface area contributed by atoms with Crippen LogP contribution in [0.1, 0.15) is 106 Å². The van der Waals surface area contributed by atoms with Crippen molar-refractivity contribution in [2.75, 3.05) is 0 Å². The fourth-order valence-corrected chi connectivity index (χ4v) is 1.79. The first kappa shape index (κ1) is 19.3. The van der Waals surface area contributed by atoms with Crippen LogP contribution < -0.4 is 0 Å². The Hall–Kier alpha value is 0. The summed E-state index contributed by atoms with van der Waals surface area (Å²) in [5.74, 6) is 0. The van der Waals surface area contributed by atoms with E-state index in [4.69, 9.17) is 0 Å². The van der Waals surface area contributed by atoms with E-state index >= 15 is 0 Å². The summed E-state index contributed by atoms with van der Waals surface area (Å²) in [5.41, 5.74) is 0.546. The fraction of sp³-hybridized carbons (Fsp3) is 1.00. The summed E-state index contributed by atoms with van der Waals surface area (Å²) in [4.78, 5) is 0. The van der Waals surface area contributed by atoms with Gasteiger partial charge < -0.3 is 0 Å². The van der Waals surface area contributed by atoms with Crippen molar-refractivity contribution in [3.05, 3.63) is 0 Å². The van der Waals surface area contributed by atoms with Gasteiger partial charge >= 0.3 is 0 Å². The Morgan fingerprint density at radius 1 is 0.529 bits per heavy atom. The molecule has 0 heterocycles. The van der Waals surface area contributed by atoms with E-state index in [2.05, 4.69) is 41.5 Å². The van der Waals surface area contributed by atoms with Crippen molar-refractivity contribution in [1.82, 2.24) is 0 Å². The number of unbranched alkanes of at least 4 members (excludes halogenated alkanes) is 7. The zero-order valence-corrected chi connectivity index (χ0v) is 13.6. The molecule has 0 saturated carbocycles. The van der Waals surface area contributed by atoms with E-state index in [-0.39, 0.29) is 0 Å². The van der Waals surface area contributed by atoms with E-state index in [0.29, 0.717) is 5.41 Å². The molecule has 0 N–H and O–H groups in total. The van der Waals surface area contributed by atoms with Crippen molar-refractivity contribution in [1.29, 1.82) is 0 Å². The molecule has 0 aromatic heterocycles. The topological polar surface area (TPSA) is 0 Å². The van der Waals surface area contributed by atoms with Crippen molar-refractivity contribution in [3.8, 4) is 0 Å². The van der Waals surface area contributed by atoms with Crippen LogP contribution in [0.3, 0.4) is 0 Å². The van der Waals surface area contributed by atoms with Crippen molar-refractivity contribution in [2.45, 2.75) is 106 Å². The van der Waals surface area contributed by atoms with Gasteiger partial charge in [-0.1, -0.05) is 99.3 Å². The van der Waals surface area contributed by atoms with Gasteiger partial charge in [-0.15, -0.1) is 0 Å². The van der Waals surface area contributed by atoms with Gasteiger partial charge in [0.1, 0.15) is 0 Å². The number of rotatable bonds is 8. The van der Waals surface area contributed by atoms with Crippen LogP contribution in [-0.4, -0.2) is 0 Å². The summed E-state index contributed by atoms with van der Waals surface area (Å²) in [6.45, 7) is 13.7. The summed E-state index contributed by atoms with van der Waals surface area (Å²) < 4.78 is 0. The molecule has 0 saturated heterocycles. The second-order valence-electron chi connectivity index (χ2n) is 6.43. The molecule has 0 heteroatoms. The van der Waals surface area contributed by atoms with Crippen LogP contribution in [0.25, 0.3) is 0 Å². The van der Waals surface area contributed by atoms with Crippen LogP contribution in [0.2, 0.25) is 0 Å². The van der Waals surface area contributed by atoms with Gasteiger partial charge in [-0.25, -0.2) is 0 Å². The van der Waals surface area contributed by atoms with Gasteiger partial charge in [0.25, 0.3) is 0 Å². The molecule has 0 nitrogen and oxygen atoms in total. The van der Waals surface area contributed by atoms with Gasteiger partial charge in [0.05, 0.1) is 0 Å². The molecular formula is C17H38. The summed E-state index contributed by atoms with van der Waals surface area (Å²) in [6, 6.07) is 0. The molecule has 0 aliphatic rings. The molecule has 0 aromatic carbocycles. The van der Waals surface area contributed by atoms with E-state index in [1.165, 1.54) is 64.2 Å². The van der Waals surface area contributed by atoms with E-state index in [9.17, 15) is 0 Å². The average Bonchev–Trinajstić information content (AvgIpc) is 2.24. The Labute approximate surface area is 112 Å². The van der Waals surface area contributed by atoms with Gasteiger partial charge in [0, 0.05) is 0 Å². The zero-order chi connectivity index (χ0) is 13.6. The molecule has 0 aromatic rings. The van der Waals surface area contributed by atoms with Gasteiger partial charge in [-0.3, -0.25) is 0 Å². The Morgan fingerprint density at radius 2 is 0.941 bits per heavy atom. The Bertz CT molecular complexity index is 116. The van der Waals surface area contributed by atoms with Crippen LogP contribution in [-0.2, 0) is 0 Å². The minimum Gasteiger partial charge on any atom is -0.0654 e. The lowest BCUT2D eigenvalue weighted by atomic mass is 9.89. The number of hydrogen-bond donors (Lipinski definition) is 0. The van der Waals surface area contributed by atoms with Crippen LogP contribution in [0.15, 0.2) is 0 Å². The molecule has 0 amide bonds. The lowest BCUT2D eigenvalue weighted by Gasteiger charge is -2.17. The van der Waals surface area contributed by atoms with E-state index in [0.717, 1.165) is 0 Å². The fourth-order valence-electron chi connectivity index (χ4n) is 1.79. The third-order valence-electron chi connectivity index (χ3n) is 2.99. The van der Waals surface area contributed by atoms with Gasteiger partial charge in [-0.2, -0.15) is 0 Å². The molecule has 0 unspecified atom stereocenters. The summed E-state index contributed by atoms with van der Waals surface area (Å²) in [6.07, 6.45) is 14.0. The minimum absolute atomic E-state index is 0.546. The first-order chi connectivity index (χ1) is 7.97. The van der Waals surface area contributed by atoms with Crippen LogP contribution >= 0.6 is 0 Å². The third kappa shape index (κ3) is 25.9. The second kappa shape index (κ2) is 14.1. The van der Waals surface area contributed by atoms with Gasteiger partial charge in [-0.05, 0) is 11.8 Å². The normalized spacial score (nSPS) is 10.9. The largest absolute Gasteiger partial charge is 0.0654 e. The second-order valence-corrected chi connectivity index (χ2v) is 6.43. The highest BCUT2D eigenvalue weighted by molar-refractivity contribution is 4.60. The summed E-state index contributed by atoms with van der Waals surface area (Å²) >= 11 is 0. The minimum atomic E-state index is 0.546. The Morgan fingerprint density at radius 3 is 1.29 bits per heavy atom. The third-order valence-corrected chi connectivity index (χ3v) is 2.99. The molecule has 106 valence electrons. The molecule has 0 spiro atoms. The molecule has 0 radical (unpaired) electrons. The van der Waals surface area contributed by atoms with Crippen molar-refractivity contribution in [3.63, 3.8) is 0 Å². The van der Waals surface area contributed by atoms with Gasteiger partial charge in [0.2, 0.25) is 0 Å². The SMILES string of the molecule is CCCCC.CCCCCCCCC(C)(C)C. The molecule has 0 fully saturated rings. The van der Waals surface area contributed by atoms with Crippen LogP contribution in [0, 0.1) is 5.41 Å². The molecule has 0 aliphatic carbocycles. The molecular weight excluding hydrogens is 204 g/mol.